The van der Waals surface area contributed by atoms with Gasteiger partial charge in [-0.25, -0.2) is 4.79 Å². The number of nitrogens with zero attached hydrogens (tertiary/aromatic N) is 2. The number of hydrogen-bond donors (Lipinski definition) is 0. The van der Waals surface area contributed by atoms with Crippen LogP contribution in [-0.2, 0) is 4.74 Å². The second kappa shape index (κ2) is 8.07. The van der Waals surface area contributed by atoms with E-state index in [9.17, 15) is 4.79 Å². The third-order valence-electron chi connectivity index (χ3n) is 5.98. The highest BCUT2D eigenvalue weighted by molar-refractivity contribution is 6.30. The van der Waals surface area contributed by atoms with Crippen molar-refractivity contribution in [3.05, 3.63) is 63.9 Å². The molecule has 1 unspecified atom stereocenters. The first-order valence-electron chi connectivity index (χ1n) is 10.6. The molecule has 0 N–H and O–H groups in total. The Balaban J connectivity index is 1.64. The number of likely N-dealkylation sites (tertiary alicyclic amines) is 1. The maximum Gasteiger partial charge on any atom is 0.410 e. The minimum Gasteiger partial charge on any atom is -0.444 e. The van der Waals surface area contributed by atoms with Crippen molar-refractivity contribution >= 4 is 29.3 Å². The standard InChI is InChI=1S/C25H29ClN2O2/c1-16-14-18-15-19(26)7-8-21(18)22(23-20(16)6-5-11-27-23)17-9-12-28(13-10-17)24(29)30-25(2,3)4/h5-8,11,14-15,17,22H,9-10,12-13H2,1-4H3. The fraction of sp³-hybridized carbons (Fsp3) is 0.440. The number of halogens is 1. The zero-order valence-corrected chi connectivity index (χ0v) is 18.9. The van der Waals surface area contributed by atoms with Crippen molar-refractivity contribution < 1.29 is 9.53 Å². The van der Waals surface area contributed by atoms with Crippen LogP contribution in [0.25, 0.3) is 11.6 Å². The maximum atomic E-state index is 12.5. The van der Waals surface area contributed by atoms with E-state index in [1.165, 1.54) is 16.7 Å². The third-order valence-corrected chi connectivity index (χ3v) is 6.21. The van der Waals surface area contributed by atoms with Gasteiger partial charge < -0.3 is 9.64 Å². The Morgan fingerprint density at radius 3 is 2.63 bits per heavy atom. The molecule has 4 nitrogen and oxygen atoms in total. The average molecular weight is 425 g/mol. The zero-order valence-electron chi connectivity index (χ0n) is 18.1. The molecule has 1 atom stereocenters. The number of pyridine rings is 1. The number of carbonyl (C=O) groups is 1. The number of rotatable bonds is 1. The van der Waals surface area contributed by atoms with Crippen molar-refractivity contribution in [2.24, 2.45) is 5.92 Å². The molecule has 0 spiro atoms. The van der Waals surface area contributed by atoms with Crippen LogP contribution in [0.4, 0.5) is 4.79 Å². The second-order valence-electron chi connectivity index (χ2n) is 9.32. The Hall–Kier alpha value is -2.33. The third kappa shape index (κ3) is 4.24. The lowest BCUT2D eigenvalue weighted by Crippen LogP contribution is -2.42. The van der Waals surface area contributed by atoms with E-state index in [-0.39, 0.29) is 12.0 Å². The second-order valence-corrected chi connectivity index (χ2v) is 9.76. The summed E-state index contributed by atoms with van der Waals surface area (Å²) in [7, 11) is 0. The van der Waals surface area contributed by atoms with Gasteiger partial charge >= 0.3 is 6.09 Å². The first-order chi connectivity index (χ1) is 14.2. The first-order valence-corrected chi connectivity index (χ1v) is 11.0. The predicted octanol–water partition coefficient (Wildman–Crippen LogP) is 6.39. The van der Waals surface area contributed by atoms with Gasteiger partial charge in [0.05, 0.1) is 5.69 Å². The molecule has 1 aromatic carbocycles. The summed E-state index contributed by atoms with van der Waals surface area (Å²) in [6.07, 6.45) is 5.72. The number of carbonyl (C=O) groups excluding carboxylic acids is 1. The van der Waals surface area contributed by atoms with Crippen molar-refractivity contribution in [3.63, 3.8) is 0 Å². The van der Waals surface area contributed by atoms with E-state index < -0.39 is 5.60 Å². The van der Waals surface area contributed by atoms with Crippen LogP contribution in [0, 0.1) is 5.92 Å². The number of benzene rings is 1. The van der Waals surface area contributed by atoms with Gasteiger partial charge in [-0.15, -0.1) is 0 Å². The molecule has 1 aliphatic carbocycles. The summed E-state index contributed by atoms with van der Waals surface area (Å²) in [5, 5.41) is 0.746. The highest BCUT2D eigenvalue weighted by atomic mass is 35.5. The van der Waals surface area contributed by atoms with Gasteiger partial charge in [-0.05, 0) is 86.9 Å². The highest BCUT2D eigenvalue weighted by Gasteiger charge is 2.35. The van der Waals surface area contributed by atoms with Crippen LogP contribution >= 0.6 is 11.6 Å². The van der Waals surface area contributed by atoms with Crippen molar-refractivity contribution in [1.29, 1.82) is 0 Å². The van der Waals surface area contributed by atoms with Gasteiger partial charge in [0, 0.05) is 30.2 Å². The fourth-order valence-electron chi connectivity index (χ4n) is 4.63. The normalized spacial score (nSPS) is 19.4. The van der Waals surface area contributed by atoms with Crippen LogP contribution in [0.3, 0.4) is 0 Å². The molecule has 1 aliphatic heterocycles. The Kier molecular flexibility index (Phi) is 5.63. The largest absolute Gasteiger partial charge is 0.444 e. The molecule has 2 heterocycles. The van der Waals surface area contributed by atoms with E-state index in [1.54, 1.807) is 0 Å². The van der Waals surface area contributed by atoms with Crippen molar-refractivity contribution in [1.82, 2.24) is 9.88 Å². The van der Waals surface area contributed by atoms with Crippen LogP contribution in [0.15, 0.2) is 36.5 Å². The van der Waals surface area contributed by atoms with Crippen molar-refractivity contribution in [2.75, 3.05) is 13.1 Å². The molecule has 0 saturated carbocycles. The molecule has 0 radical (unpaired) electrons. The Morgan fingerprint density at radius 2 is 1.93 bits per heavy atom. The molecule has 2 aliphatic rings. The van der Waals surface area contributed by atoms with Crippen molar-refractivity contribution in [2.45, 2.75) is 52.1 Å². The van der Waals surface area contributed by atoms with E-state index in [1.807, 2.05) is 44.0 Å². The highest BCUT2D eigenvalue weighted by Crippen LogP contribution is 2.44. The lowest BCUT2D eigenvalue weighted by Gasteiger charge is -2.37. The molecule has 1 amide bonds. The van der Waals surface area contributed by atoms with Crippen LogP contribution < -0.4 is 0 Å². The number of allylic oxidation sites excluding steroid dienone is 1. The lowest BCUT2D eigenvalue weighted by molar-refractivity contribution is 0.0178. The molecular formula is C25H29ClN2O2. The van der Waals surface area contributed by atoms with Gasteiger partial charge in [0.1, 0.15) is 5.60 Å². The van der Waals surface area contributed by atoms with E-state index in [0.717, 1.165) is 29.1 Å². The minimum absolute atomic E-state index is 0.183. The molecule has 158 valence electrons. The Morgan fingerprint density at radius 1 is 1.20 bits per heavy atom. The van der Waals surface area contributed by atoms with Gasteiger partial charge in [0.2, 0.25) is 0 Å². The van der Waals surface area contributed by atoms with Crippen LogP contribution in [0.1, 0.15) is 68.8 Å². The topological polar surface area (TPSA) is 42.4 Å². The fourth-order valence-corrected chi connectivity index (χ4v) is 4.81. The summed E-state index contributed by atoms with van der Waals surface area (Å²) in [5.74, 6) is 0.583. The number of fused-ring (bicyclic) bond motifs is 2. The summed E-state index contributed by atoms with van der Waals surface area (Å²) < 4.78 is 5.57. The predicted molar refractivity (Wildman–Crippen MR) is 122 cm³/mol. The molecule has 0 bridgehead atoms. The van der Waals surface area contributed by atoms with Crippen LogP contribution in [-0.4, -0.2) is 34.7 Å². The molecule has 1 saturated heterocycles. The SMILES string of the molecule is CC1=Cc2cc(Cl)ccc2C(C2CCN(C(=O)OC(C)(C)C)CC2)c2ncccc21. The maximum absolute atomic E-state index is 12.5. The molecule has 1 fully saturated rings. The molecule has 1 aromatic heterocycles. The number of ether oxygens (including phenoxy) is 1. The molecule has 4 rings (SSSR count). The molecular weight excluding hydrogens is 396 g/mol. The summed E-state index contributed by atoms with van der Waals surface area (Å²) in [6.45, 7) is 9.26. The van der Waals surface area contributed by atoms with E-state index in [4.69, 9.17) is 21.3 Å². The van der Waals surface area contributed by atoms with E-state index >= 15 is 0 Å². The molecule has 5 heteroatoms. The minimum atomic E-state index is -0.473. The Labute approximate surface area is 183 Å². The number of amides is 1. The average Bonchev–Trinajstić information content (AvgIpc) is 2.80. The monoisotopic (exact) mass is 424 g/mol. The summed E-state index contributed by atoms with van der Waals surface area (Å²) in [4.78, 5) is 19.2. The zero-order chi connectivity index (χ0) is 21.5. The van der Waals surface area contributed by atoms with E-state index in [2.05, 4.69) is 31.2 Å². The van der Waals surface area contributed by atoms with Gasteiger partial charge in [0.25, 0.3) is 0 Å². The lowest BCUT2D eigenvalue weighted by atomic mass is 9.76. The van der Waals surface area contributed by atoms with Gasteiger partial charge in [-0.2, -0.15) is 0 Å². The van der Waals surface area contributed by atoms with E-state index in [0.29, 0.717) is 19.0 Å². The van der Waals surface area contributed by atoms with Crippen LogP contribution in [0.2, 0.25) is 5.02 Å². The summed E-state index contributed by atoms with van der Waals surface area (Å²) >= 11 is 6.33. The van der Waals surface area contributed by atoms with Gasteiger partial charge in [-0.3, -0.25) is 4.98 Å². The van der Waals surface area contributed by atoms with Gasteiger partial charge in [0.15, 0.2) is 0 Å². The summed E-state index contributed by atoms with van der Waals surface area (Å²) in [5.41, 5.74) is 5.49. The van der Waals surface area contributed by atoms with Gasteiger partial charge in [-0.1, -0.05) is 29.8 Å². The molecule has 30 heavy (non-hydrogen) atoms. The molecule has 2 aromatic rings. The number of aromatic nitrogens is 1. The first kappa shape index (κ1) is 20.9. The smallest absolute Gasteiger partial charge is 0.410 e. The number of hydrogen-bond acceptors (Lipinski definition) is 3. The quantitative estimate of drug-likeness (QED) is 0.532. The van der Waals surface area contributed by atoms with Crippen LogP contribution in [0.5, 0.6) is 0 Å². The van der Waals surface area contributed by atoms with Crippen molar-refractivity contribution in [3.8, 4) is 0 Å². The Bertz CT molecular complexity index is 985. The number of piperidine rings is 1. The summed E-state index contributed by atoms with van der Waals surface area (Å²) in [6, 6.07) is 10.3.